The first-order valence-electron chi connectivity index (χ1n) is 8.93. The zero-order valence-corrected chi connectivity index (χ0v) is 18.0. The molecule has 0 atom stereocenters. The molecule has 0 unspecified atom stereocenters. The average molecular weight is 480 g/mol. The standard InChI is InChI=1S/C21H13Cl2F2N3O2S/c22-13-3-4-17(15(23)6-13)30-11-19(29)28(10-12-2-1-5-26-9-12)21-27-20-16(25)7-14(24)8-18(20)31-21/h1-9H,10-11H2. The second-order valence-corrected chi connectivity index (χ2v) is 8.29. The lowest BCUT2D eigenvalue weighted by Gasteiger charge is -2.20. The Morgan fingerprint density at radius 3 is 2.74 bits per heavy atom. The van der Waals surface area contributed by atoms with Crippen molar-refractivity contribution in [3.63, 3.8) is 0 Å². The fraction of sp³-hybridized carbons (Fsp3) is 0.0952. The molecule has 0 saturated heterocycles. The van der Waals surface area contributed by atoms with Gasteiger partial charge in [-0.05, 0) is 35.9 Å². The summed E-state index contributed by atoms with van der Waals surface area (Å²) >= 11 is 13.0. The Labute approximate surface area is 189 Å². The summed E-state index contributed by atoms with van der Waals surface area (Å²) in [5.74, 6) is -1.67. The topological polar surface area (TPSA) is 55.3 Å². The fourth-order valence-corrected chi connectivity index (χ4v) is 4.29. The zero-order chi connectivity index (χ0) is 22.0. The van der Waals surface area contributed by atoms with E-state index in [1.165, 1.54) is 17.0 Å². The van der Waals surface area contributed by atoms with E-state index in [0.29, 0.717) is 5.02 Å². The highest BCUT2D eigenvalue weighted by molar-refractivity contribution is 7.22. The number of rotatable bonds is 6. The summed E-state index contributed by atoms with van der Waals surface area (Å²) < 4.78 is 33.6. The first kappa shape index (κ1) is 21.4. The number of hydrogen-bond acceptors (Lipinski definition) is 5. The van der Waals surface area contributed by atoms with E-state index in [1.54, 1.807) is 36.7 Å². The van der Waals surface area contributed by atoms with E-state index in [0.717, 1.165) is 23.0 Å². The van der Waals surface area contributed by atoms with Crippen molar-refractivity contribution in [3.05, 3.63) is 82.1 Å². The van der Waals surface area contributed by atoms with Crippen LogP contribution in [0.25, 0.3) is 10.2 Å². The van der Waals surface area contributed by atoms with Gasteiger partial charge in [0.05, 0.1) is 16.3 Å². The van der Waals surface area contributed by atoms with Crippen LogP contribution in [0.5, 0.6) is 5.75 Å². The number of ether oxygens (including phenoxy) is 1. The number of halogens is 4. The van der Waals surface area contributed by atoms with Gasteiger partial charge in [0.1, 0.15) is 17.1 Å². The number of fused-ring (bicyclic) bond motifs is 1. The maximum atomic E-state index is 14.1. The second-order valence-electron chi connectivity index (χ2n) is 6.44. The van der Waals surface area contributed by atoms with Crippen molar-refractivity contribution in [1.82, 2.24) is 9.97 Å². The number of thiazole rings is 1. The van der Waals surface area contributed by atoms with Crippen molar-refractivity contribution in [1.29, 1.82) is 0 Å². The molecule has 10 heteroatoms. The van der Waals surface area contributed by atoms with Gasteiger partial charge in [-0.1, -0.05) is 40.6 Å². The summed E-state index contributed by atoms with van der Waals surface area (Å²) in [6.07, 6.45) is 3.21. The Morgan fingerprint density at radius 1 is 1.16 bits per heavy atom. The maximum Gasteiger partial charge on any atom is 0.267 e. The van der Waals surface area contributed by atoms with Crippen molar-refractivity contribution in [2.45, 2.75) is 6.54 Å². The van der Waals surface area contributed by atoms with Crippen LogP contribution in [0.2, 0.25) is 10.0 Å². The zero-order valence-electron chi connectivity index (χ0n) is 15.7. The van der Waals surface area contributed by atoms with Gasteiger partial charge in [-0.15, -0.1) is 0 Å². The van der Waals surface area contributed by atoms with Gasteiger partial charge in [0.2, 0.25) is 0 Å². The summed E-state index contributed by atoms with van der Waals surface area (Å²) in [4.78, 5) is 22.6. The number of amides is 1. The Morgan fingerprint density at radius 2 is 2.00 bits per heavy atom. The molecule has 0 radical (unpaired) electrons. The molecule has 2 heterocycles. The van der Waals surface area contributed by atoms with Gasteiger partial charge >= 0.3 is 0 Å². The van der Waals surface area contributed by atoms with E-state index in [1.807, 2.05) is 0 Å². The number of pyridine rings is 1. The van der Waals surface area contributed by atoms with E-state index in [4.69, 9.17) is 27.9 Å². The van der Waals surface area contributed by atoms with Gasteiger partial charge in [0, 0.05) is 23.5 Å². The van der Waals surface area contributed by atoms with Crippen LogP contribution >= 0.6 is 34.5 Å². The van der Waals surface area contributed by atoms with Crippen LogP contribution in [0, 0.1) is 11.6 Å². The lowest BCUT2D eigenvalue weighted by Crippen LogP contribution is -2.34. The third-order valence-electron chi connectivity index (χ3n) is 4.24. The number of benzene rings is 2. The van der Waals surface area contributed by atoms with Crippen LogP contribution in [0.3, 0.4) is 0 Å². The van der Waals surface area contributed by atoms with Crippen molar-refractivity contribution < 1.29 is 18.3 Å². The van der Waals surface area contributed by atoms with Gasteiger partial charge < -0.3 is 4.74 Å². The molecule has 5 nitrogen and oxygen atoms in total. The molecular formula is C21H13Cl2F2N3O2S. The largest absolute Gasteiger partial charge is 0.482 e. The SMILES string of the molecule is O=C(COc1ccc(Cl)cc1Cl)N(Cc1cccnc1)c1nc2c(F)cc(F)cc2s1. The highest BCUT2D eigenvalue weighted by Gasteiger charge is 2.23. The first-order chi connectivity index (χ1) is 14.9. The summed E-state index contributed by atoms with van der Waals surface area (Å²) in [7, 11) is 0. The molecule has 4 aromatic rings. The van der Waals surface area contributed by atoms with E-state index in [9.17, 15) is 13.6 Å². The highest BCUT2D eigenvalue weighted by Crippen LogP contribution is 2.32. The molecule has 0 saturated carbocycles. The quantitative estimate of drug-likeness (QED) is 0.346. The van der Waals surface area contributed by atoms with E-state index in [-0.39, 0.29) is 39.3 Å². The van der Waals surface area contributed by atoms with Gasteiger partial charge in [-0.2, -0.15) is 0 Å². The molecule has 0 aliphatic carbocycles. The van der Waals surface area contributed by atoms with Gasteiger partial charge in [-0.25, -0.2) is 13.8 Å². The highest BCUT2D eigenvalue weighted by atomic mass is 35.5. The van der Waals surface area contributed by atoms with Crippen LogP contribution in [-0.2, 0) is 11.3 Å². The fourth-order valence-electron chi connectivity index (χ4n) is 2.81. The molecule has 0 N–H and O–H groups in total. The minimum atomic E-state index is -0.796. The van der Waals surface area contributed by atoms with Crippen molar-refractivity contribution in [2.24, 2.45) is 0 Å². The molecule has 0 fully saturated rings. The number of carbonyl (C=O) groups excluding carboxylic acids is 1. The number of carbonyl (C=O) groups is 1. The maximum absolute atomic E-state index is 14.1. The van der Waals surface area contributed by atoms with Crippen molar-refractivity contribution in [3.8, 4) is 5.75 Å². The molecule has 0 bridgehead atoms. The number of nitrogens with zero attached hydrogens (tertiary/aromatic N) is 3. The predicted molar refractivity (Wildman–Crippen MR) is 117 cm³/mol. The minimum absolute atomic E-state index is 0.00736. The molecule has 1 amide bonds. The third kappa shape index (κ3) is 4.92. The predicted octanol–water partition coefficient (Wildman–Crippen LogP) is 5.89. The van der Waals surface area contributed by atoms with Gasteiger partial charge in [0.25, 0.3) is 5.91 Å². The summed E-state index contributed by atoms with van der Waals surface area (Å²) in [6.45, 7) is -0.233. The summed E-state index contributed by atoms with van der Waals surface area (Å²) in [5.41, 5.74) is 0.721. The van der Waals surface area contributed by atoms with E-state index in [2.05, 4.69) is 9.97 Å². The van der Waals surface area contributed by atoms with Crippen molar-refractivity contribution in [2.75, 3.05) is 11.5 Å². The molecule has 158 valence electrons. The smallest absolute Gasteiger partial charge is 0.267 e. The molecule has 2 aromatic carbocycles. The average Bonchev–Trinajstić information content (AvgIpc) is 3.16. The van der Waals surface area contributed by atoms with Crippen LogP contribution in [0.1, 0.15) is 5.56 Å². The first-order valence-corrected chi connectivity index (χ1v) is 10.5. The van der Waals surface area contributed by atoms with Gasteiger partial charge in [-0.3, -0.25) is 14.7 Å². The van der Waals surface area contributed by atoms with E-state index >= 15 is 0 Å². The van der Waals surface area contributed by atoms with E-state index < -0.39 is 17.5 Å². The monoisotopic (exact) mass is 479 g/mol. The lowest BCUT2D eigenvalue weighted by molar-refractivity contribution is -0.120. The Balaban J connectivity index is 1.64. The van der Waals surface area contributed by atoms with Crippen LogP contribution < -0.4 is 9.64 Å². The number of hydrogen-bond donors (Lipinski definition) is 0. The van der Waals surface area contributed by atoms with Crippen LogP contribution in [0.4, 0.5) is 13.9 Å². The second kappa shape index (κ2) is 9.13. The summed E-state index contributed by atoms with van der Waals surface area (Å²) in [6, 6.07) is 10.1. The molecule has 0 aliphatic heterocycles. The number of anilines is 1. The Hall–Kier alpha value is -2.81. The van der Waals surface area contributed by atoms with Crippen molar-refractivity contribution >= 4 is 55.8 Å². The Kier molecular flexibility index (Phi) is 6.31. The van der Waals surface area contributed by atoms with Crippen LogP contribution in [-0.4, -0.2) is 22.5 Å². The summed E-state index contributed by atoms with van der Waals surface area (Å²) in [5, 5.41) is 0.904. The minimum Gasteiger partial charge on any atom is -0.482 e. The Bertz CT molecular complexity index is 1250. The normalized spacial score (nSPS) is 11.0. The molecule has 2 aromatic heterocycles. The molecule has 4 rings (SSSR count). The van der Waals surface area contributed by atoms with Crippen LogP contribution in [0.15, 0.2) is 54.9 Å². The molecule has 0 spiro atoms. The third-order valence-corrected chi connectivity index (χ3v) is 5.80. The van der Waals surface area contributed by atoms with Gasteiger partial charge in [0.15, 0.2) is 17.6 Å². The number of aromatic nitrogens is 2. The molecule has 0 aliphatic rings. The molecular weight excluding hydrogens is 467 g/mol. The molecule has 31 heavy (non-hydrogen) atoms. The lowest BCUT2D eigenvalue weighted by atomic mass is 10.2.